The average Bonchev–Trinajstić information content (AvgIpc) is 2.97. The summed E-state index contributed by atoms with van der Waals surface area (Å²) in [5, 5.41) is 8.79. The normalized spacial score (nSPS) is 11.4. The zero-order chi connectivity index (χ0) is 29.9. The highest BCUT2D eigenvalue weighted by Gasteiger charge is 2.06. The third kappa shape index (κ3) is 35.8. The van der Waals surface area contributed by atoms with Gasteiger partial charge >= 0.3 is 0 Å². The largest absolute Gasteiger partial charge is 0.271 e. The third-order valence-electron chi connectivity index (χ3n) is 8.95. The van der Waals surface area contributed by atoms with Crippen LogP contribution in [0.5, 0.6) is 0 Å². The Labute approximate surface area is 263 Å². The zero-order valence-corrected chi connectivity index (χ0v) is 28.7. The van der Waals surface area contributed by atoms with Gasteiger partial charge in [0.2, 0.25) is 0 Å². The summed E-state index contributed by atoms with van der Waals surface area (Å²) in [5.74, 6) is -0.400. The molecule has 0 bridgehead atoms. The van der Waals surface area contributed by atoms with Gasteiger partial charge in [0, 0.05) is 18.2 Å². The van der Waals surface area contributed by atoms with Crippen LogP contribution in [0.25, 0.3) is 0 Å². The number of carbonyl (C=O) groups excluding carboxylic acids is 1. The lowest BCUT2D eigenvalue weighted by Gasteiger charge is -2.05. The maximum absolute atomic E-state index is 11.2. The third-order valence-corrected chi connectivity index (χ3v) is 9.14. The van der Waals surface area contributed by atoms with Crippen molar-refractivity contribution in [2.75, 3.05) is 0 Å². The molecule has 0 unspecified atom stereocenters. The van der Waals surface area contributed by atoms with Gasteiger partial charge in [-0.2, -0.15) is 0 Å². The van der Waals surface area contributed by atoms with Gasteiger partial charge in [0.05, 0.1) is 0 Å². The molecule has 41 heavy (non-hydrogen) atoms. The Hall–Kier alpha value is -0.280. The zero-order valence-electron chi connectivity index (χ0n) is 27.9. The maximum atomic E-state index is 11.2. The fraction of sp³-hybridized carbons (Fsp3) is 0.973. The maximum Gasteiger partial charge on any atom is 0.261 e. The van der Waals surface area contributed by atoms with Crippen molar-refractivity contribution in [3.63, 3.8) is 0 Å². The van der Waals surface area contributed by atoms with Gasteiger partial charge in [0.15, 0.2) is 0 Å². The molecule has 0 atom stereocenters. The highest BCUT2D eigenvalue weighted by molar-refractivity contribution is 6.19. The van der Waals surface area contributed by atoms with E-state index in [1.807, 2.05) is 0 Å². The van der Waals surface area contributed by atoms with Gasteiger partial charge in [-0.05, 0) is 6.42 Å². The van der Waals surface area contributed by atoms with E-state index >= 15 is 0 Å². The summed E-state index contributed by atoms with van der Waals surface area (Å²) in [6.45, 7) is 2.30. The van der Waals surface area contributed by atoms with Crippen LogP contribution in [0.1, 0.15) is 232 Å². The van der Waals surface area contributed by atoms with E-state index in [9.17, 15) is 4.79 Å². The minimum absolute atomic E-state index is 0.184. The van der Waals surface area contributed by atoms with E-state index in [4.69, 9.17) is 17.0 Å². The second-order valence-corrected chi connectivity index (χ2v) is 13.4. The predicted molar refractivity (Wildman–Crippen MR) is 182 cm³/mol. The molecule has 0 aromatic rings. The van der Waals surface area contributed by atoms with Crippen LogP contribution < -0.4 is 0 Å². The van der Waals surface area contributed by atoms with Crippen LogP contribution in [-0.4, -0.2) is 15.7 Å². The molecule has 4 heteroatoms. The number of rotatable bonds is 35. The summed E-state index contributed by atoms with van der Waals surface area (Å²) in [4.78, 5) is 11.2. The number of unbranched alkanes of at least 4 members (excludes halogenated alkanes) is 33. The van der Waals surface area contributed by atoms with Gasteiger partial charge in [-0.1, -0.05) is 219 Å². The smallest absolute Gasteiger partial charge is 0.261 e. The lowest BCUT2D eigenvalue weighted by Crippen LogP contribution is -2.16. The summed E-state index contributed by atoms with van der Waals surface area (Å²) in [6.07, 6.45) is 48.0. The first kappa shape index (κ1) is 40.7. The Bertz CT molecular complexity index is 499. The number of hydroxylamine groups is 1. The van der Waals surface area contributed by atoms with Gasteiger partial charge in [-0.25, -0.2) is 0 Å². The summed E-state index contributed by atoms with van der Waals surface area (Å²) in [6, 6.07) is 0. The summed E-state index contributed by atoms with van der Waals surface area (Å²) in [5.41, 5.74) is 0. The molecule has 0 spiro atoms. The molecular weight excluding hydrogens is 526 g/mol. The predicted octanol–water partition coefficient (Wildman–Crippen LogP) is 14.0. The van der Waals surface area contributed by atoms with Gasteiger partial charge in [0.1, 0.15) is 0 Å². The van der Waals surface area contributed by atoms with Crippen molar-refractivity contribution in [2.24, 2.45) is 0 Å². The van der Waals surface area contributed by atoms with E-state index in [-0.39, 0.29) is 4.58 Å². The van der Waals surface area contributed by atoms with Crippen LogP contribution in [0.2, 0.25) is 0 Å². The van der Waals surface area contributed by atoms with Crippen molar-refractivity contribution in [3.8, 4) is 0 Å². The minimum Gasteiger partial charge on any atom is -0.271 e. The first-order valence-corrected chi connectivity index (χ1v) is 19.2. The highest BCUT2D eigenvalue weighted by Crippen LogP contribution is 2.17. The molecule has 0 saturated carbocycles. The SMILES string of the molecule is CCCCCCCCCCCCCCCCCCCCCCCCCCCCCCCCCCCCC(=O)N(O)Cl. The Balaban J connectivity index is 3.05. The van der Waals surface area contributed by atoms with Crippen LogP contribution in [0.4, 0.5) is 0 Å². The Morgan fingerprint density at radius 2 is 0.561 bits per heavy atom. The van der Waals surface area contributed by atoms with E-state index in [0.717, 1.165) is 12.8 Å². The minimum atomic E-state index is -0.400. The molecule has 0 saturated heterocycles. The van der Waals surface area contributed by atoms with E-state index in [1.54, 1.807) is 0 Å². The molecule has 0 radical (unpaired) electrons. The summed E-state index contributed by atoms with van der Waals surface area (Å²) >= 11 is 5.19. The van der Waals surface area contributed by atoms with Crippen LogP contribution in [0.15, 0.2) is 0 Å². The van der Waals surface area contributed by atoms with Crippen molar-refractivity contribution < 1.29 is 10.0 Å². The number of nitrogens with zero attached hydrogens (tertiary/aromatic N) is 1. The molecule has 0 fully saturated rings. The first-order valence-electron chi connectivity index (χ1n) is 18.9. The van der Waals surface area contributed by atoms with Gasteiger partial charge in [-0.15, -0.1) is 4.58 Å². The lowest BCUT2D eigenvalue weighted by molar-refractivity contribution is -0.146. The number of amides is 1. The van der Waals surface area contributed by atoms with E-state index < -0.39 is 5.91 Å². The van der Waals surface area contributed by atoms with Crippen LogP contribution in [-0.2, 0) is 4.79 Å². The number of carbonyl (C=O) groups is 1. The summed E-state index contributed by atoms with van der Waals surface area (Å²) in [7, 11) is 0. The van der Waals surface area contributed by atoms with Crippen molar-refractivity contribution in [1.82, 2.24) is 4.58 Å². The quantitative estimate of drug-likeness (QED) is 0.0340. The molecule has 1 N–H and O–H groups in total. The topological polar surface area (TPSA) is 40.5 Å². The molecule has 0 aromatic heterocycles. The molecule has 246 valence electrons. The highest BCUT2D eigenvalue weighted by atomic mass is 35.5. The van der Waals surface area contributed by atoms with Crippen molar-refractivity contribution in [1.29, 1.82) is 0 Å². The van der Waals surface area contributed by atoms with Crippen LogP contribution in [0.3, 0.4) is 0 Å². The second kappa shape index (κ2) is 35.9. The molecule has 0 rings (SSSR count). The number of hydrogen-bond acceptors (Lipinski definition) is 2. The fourth-order valence-electron chi connectivity index (χ4n) is 6.10. The Morgan fingerprint density at radius 3 is 0.732 bits per heavy atom. The van der Waals surface area contributed by atoms with Gasteiger partial charge in [-0.3, -0.25) is 10.0 Å². The molecule has 0 aliphatic rings. The van der Waals surface area contributed by atoms with Crippen molar-refractivity contribution in [2.45, 2.75) is 232 Å². The molecule has 0 aliphatic carbocycles. The lowest BCUT2D eigenvalue weighted by atomic mass is 10.0. The summed E-state index contributed by atoms with van der Waals surface area (Å²) < 4.78 is 0.184. The van der Waals surface area contributed by atoms with Crippen LogP contribution >= 0.6 is 11.8 Å². The van der Waals surface area contributed by atoms with Gasteiger partial charge in [0.25, 0.3) is 5.91 Å². The Kier molecular flexibility index (Phi) is 35.7. The Morgan fingerprint density at radius 1 is 0.390 bits per heavy atom. The van der Waals surface area contributed by atoms with Crippen molar-refractivity contribution >= 4 is 17.7 Å². The molecule has 0 aromatic carbocycles. The first-order chi connectivity index (χ1) is 20.2. The van der Waals surface area contributed by atoms with Crippen LogP contribution in [0, 0.1) is 0 Å². The molecule has 0 heterocycles. The molecule has 0 aliphatic heterocycles. The molecule has 1 amide bonds. The second-order valence-electron chi connectivity index (χ2n) is 13.1. The van der Waals surface area contributed by atoms with Crippen molar-refractivity contribution in [3.05, 3.63) is 0 Å². The van der Waals surface area contributed by atoms with Gasteiger partial charge < -0.3 is 0 Å². The monoisotopic (exact) mass is 600 g/mol. The standard InChI is InChI=1S/C37H74ClNO2/c1-2-3-4-5-6-7-8-9-10-11-12-13-14-15-16-17-18-19-20-21-22-23-24-25-26-27-28-29-30-31-32-33-34-35-36-37(40)39(38)41/h41H,2-36H2,1H3. The van der Waals surface area contributed by atoms with E-state index in [2.05, 4.69) is 6.92 Å². The fourth-order valence-corrected chi connectivity index (χ4v) is 6.18. The molecule has 3 nitrogen and oxygen atoms in total. The van der Waals surface area contributed by atoms with E-state index in [1.165, 1.54) is 205 Å². The van der Waals surface area contributed by atoms with E-state index in [0.29, 0.717) is 6.42 Å². The molecular formula is C37H74ClNO2. The number of hydrogen-bond donors (Lipinski definition) is 1. The number of halogens is 1. The average molecular weight is 600 g/mol.